The second-order valence-electron chi connectivity index (χ2n) is 7.20. The molecule has 9 heteroatoms. The highest BCUT2D eigenvalue weighted by atomic mass is 16.5. The van der Waals surface area contributed by atoms with Crippen LogP contribution in [-0.2, 0) is 30.5 Å². The largest absolute Gasteiger partial charge is 0.461 e. The summed E-state index contributed by atoms with van der Waals surface area (Å²) >= 11 is 0. The number of nitrogens with zero attached hydrogens (tertiary/aromatic N) is 1. The maximum Gasteiger partial charge on any atom is 0.306 e. The van der Waals surface area contributed by atoms with Gasteiger partial charge in [-0.05, 0) is 24.8 Å². The molecule has 1 aromatic rings. The lowest BCUT2D eigenvalue weighted by molar-refractivity contribution is -0.145. The summed E-state index contributed by atoms with van der Waals surface area (Å²) in [5.74, 6) is -1.46. The number of carbonyl (C=O) groups is 4. The Labute approximate surface area is 176 Å². The third-order valence-corrected chi connectivity index (χ3v) is 4.92. The lowest BCUT2D eigenvalue weighted by Gasteiger charge is -2.25. The Bertz CT molecular complexity index is 740. The van der Waals surface area contributed by atoms with Crippen molar-refractivity contribution in [2.75, 3.05) is 19.6 Å². The third-order valence-electron chi connectivity index (χ3n) is 4.92. The van der Waals surface area contributed by atoms with Gasteiger partial charge in [0.15, 0.2) is 0 Å². The second kappa shape index (κ2) is 11.9. The highest BCUT2D eigenvalue weighted by molar-refractivity contribution is 5.92. The van der Waals surface area contributed by atoms with Crippen LogP contribution in [-0.4, -0.2) is 60.3 Å². The summed E-state index contributed by atoms with van der Waals surface area (Å²) < 4.78 is 5.24. The molecule has 2 rings (SSSR count). The number of likely N-dealkylation sites (tertiary alicyclic amines) is 1. The van der Waals surface area contributed by atoms with Crippen LogP contribution in [0.4, 0.5) is 0 Å². The molecule has 1 aromatic carbocycles. The maximum absolute atomic E-state index is 12.7. The zero-order chi connectivity index (χ0) is 21.9. The molecule has 2 atom stereocenters. The Balaban J connectivity index is 1.91. The van der Waals surface area contributed by atoms with Gasteiger partial charge in [0.2, 0.25) is 17.7 Å². The molecule has 1 heterocycles. The van der Waals surface area contributed by atoms with Crippen molar-refractivity contribution in [2.24, 2.45) is 5.73 Å². The summed E-state index contributed by atoms with van der Waals surface area (Å²) in [7, 11) is 0. The molecular formula is C21H30N4O5. The number of hydrogen-bond donors (Lipinski definition) is 3. The van der Waals surface area contributed by atoms with E-state index in [1.54, 1.807) is 0 Å². The van der Waals surface area contributed by atoms with Gasteiger partial charge in [-0.3, -0.25) is 19.2 Å². The highest BCUT2D eigenvalue weighted by Crippen LogP contribution is 2.18. The number of nitrogens with two attached hydrogens (primary N) is 1. The molecule has 30 heavy (non-hydrogen) atoms. The van der Waals surface area contributed by atoms with E-state index in [4.69, 9.17) is 10.5 Å². The van der Waals surface area contributed by atoms with Crippen LogP contribution in [0.1, 0.15) is 38.2 Å². The van der Waals surface area contributed by atoms with E-state index in [2.05, 4.69) is 10.6 Å². The SMILES string of the molecule is CC(=O)N1CCCC1C(=O)NC(CCC(=O)OCc1ccccc1)C(=O)NCCN. The van der Waals surface area contributed by atoms with Crippen molar-refractivity contribution in [1.82, 2.24) is 15.5 Å². The van der Waals surface area contributed by atoms with Crippen molar-refractivity contribution in [3.05, 3.63) is 35.9 Å². The lowest BCUT2D eigenvalue weighted by Crippen LogP contribution is -2.53. The van der Waals surface area contributed by atoms with Crippen LogP contribution in [0.25, 0.3) is 0 Å². The van der Waals surface area contributed by atoms with E-state index in [1.807, 2.05) is 30.3 Å². The standard InChI is InChI=1S/C21H30N4O5/c1-15(26)25-13-5-8-18(25)21(29)24-17(20(28)23-12-11-22)9-10-19(27)30-14-16-6-3-2-4-7-16/h2-4,6-7,17-18H,5,8-14,22H2,1H3,(H,23,28)(H,24,29). The second-order valence-corrected chi connectivity index (χ2v) is 7.20. The zero-order valence-corrected chi connectivity index (χ0v) is 17.3. The van der Waals surface area contributed by atoms with Gasteiger partial charge in [-0.1, -0.05) is 30.3 Å². The Hall–Kier alpha value is -2.94. The van der Waals surface area contributed by atoms with E-state index in [-0.39, 0.29) is 38.4 Å². The minimum absolute atomic E-state index is 0.0328. The van der Waals surface area contributed by atoms with E-state index in [0.29, 0.717) is 13.0 Å². The van der Waals surface area contributed by atoms with E-state index >= 15 is 0 Å². The minimum Gasteiger partial charge on any atom is -0.461 e. The van der Waals surface area contributed by atoms with Crippen LogP contribution < -0.4 is 16.4 Å². The fourth-order valence-electron chi connectivity index (χ4n) is 3.34. The van der Waals surface area contributed by atoms with Crippen LogP contribution in [0.15, 0.2) is 30.3 Å². The van der Waals surface area contributed by atoms with Gasteiger partial charge in [-0.2, -0.15) is 0 Å². The van der Waals surface area contributed by atoms with Crippen LogP contribution >= 0.6 is 0 Å². The van der Waals surface area contributed by atoms with Gasteiger partial charge in [-0.25, -0.2) is 0 Å². The third kappa shape index (κ3) is 7.14. The normalized spacial score (nSPS) is 16.6. The molecule has 3 amide bonds. The van der Waals surface area contributed by atoms with Crippen molar-refractivity contribution >= 4 is 23.7 Å². The molecule has 0 bridgehead atoms. The maximum atomic E-state index is 12.7. The van der Waals surface area contributed by atoms with Crippen molar-refractivity contribution in [3.63, 3.8) is 0 Å². The predicted octanol–water partition coefficient (Wildman–Crippen LogP) is 0.0806. The molecule has 1 fully saturated rings. The van der Waals surface area contributed by atoms with E-state index in [1.165, 1.54) is 11.8 Å². The van der Waals surface area contributed by atoms with E-state index in [0.717, 1.165) is 12.0 Å². The van der Waals surface area contributed by atoms with Gasteiger partial charge in [0, 0.05) is 33.0 Å². The molecule has 2 unspecified atom stereocenters. The van der Waals surface area contributed by atoms with Gasteiger partial charge in [0.05, 0.1) is 0 Å². The minimum atomic E-state index is -0.914. The summed E-state index contributed by atoms with van der Waals surface area (Å²) in [5.41, 5.74) is 6.29. The number of rotatable bonds is 10. The summed E-state index contributed by atoms with van der Waals surface area (Å²) in [6, 6.07) is 7.75. The first kappa shape index (κ1) is 23.3. The Morgan fingerprint density at radius 3 is 2.63 bits per heavy atom. The highest BCUT2D eigenvalue weighted by Gasteiger charge is 2.34. The molecular weight excluding hydrogens is 388 g/mol. The number of esters is 1. The van der Waals surface area contributed by atoms with E-state index < -0.39 is 29.9 Å². The molecule has 164 valence electrons. The lowest BCUT2D eigenvalue weighted by atomic mass is 10.1. The van der Waals surface area contributed by atoms with Crippen LogP contribution in [0.2, 0.25) is 0 Å². The predicted molar refractivity (Wildman–Crippen MR) is 110 cm³/mol. The summed E-state index contributed by atoms with van der Waals surface area (Å²) in [4.78, 5) is 50.4. The molecule has 0 spiro atoms. The Kier molecular flexibility index (Phi) is 9.27. The average Bonchev–Trinajstić information content (AvgIpc) is 3.24. The van der Waals surface area contributed by atoms with Gasteiger partial charge in [0.25, 0.3) is 0 Å². The molecule has 0 saturated carbocycles. The fourth-order valence-corrected chi connectivity index (χ4v) is 3.34. The molecule has 4 N–H and O–H groups in total. The van der Waals surface area contributed by atoms with Gasteiger partial charge in [0.1, 0.15) is 18.7 Å². The molecule has 1 aliphatic rings. The number of ether oxygens (including phenoxy) is 1. The van der Waals surface area contributed by atoms with Crippen LogP contribution in [0.3, 0.4) is 0 Å². The first-order chi connectivity index (χ1) is 14.4. The number of amides is 3. The van der Waals surface area contributed by atoms with Crippen LogP contribution in [0.5, 0.6) is 0 Å². The summed E-state index contributed by atoms with van der Waals surface area (Å²) in [5, 5.41) is 5.32. The summed E-state index contributed by atoms with van der Waals surface area (Å²) in [6.07, 6.45) is 1.33. The monoisotopic (exact) mass is 418 g/mol. The molecule has 9 nitrogen and oxygen atoms in total. The van der Waals surface area contributed by atoms with Gasteiger partial charge >= 0.3 is 5.97 Å². The Morgan fingerprint density at radius 2 is 1.97 bits per heavy atom. The molecule has 1 saturated heterocycles. The molecule has 0 aromatic heterocycles. The number of carbonyl (C=O) groups excluding carboxylic acids is 4. The quantitative estimate of drug-likeness (QED) is 0.461. The van der Waals surface area contributed by atoms with Crippen molar-refractivity contribution < 1.29 is 23.9 Å². The first-order valence-corrected chi connectivity index (χ1v) is 10.2. The smallest absolute Gasteiger partial charge is 0.306 e. The molecule has 0 radical (unpaired) electrons. The summed E-state index contributed by atoms with van der Waals surface area (Å²) in [6.45, 7) is 2.59. The Morgan fingerprint density at radius 1 is 1.23 bits per heavy atom. The molecule has 1 aliphatic heterocycles. The number of nitrogens with one attached hydrogen (secondary N) is 2. The average molecular weight is 418 g/mol. The van der Waals surface area contributed by atoms with Crippen molar-refractivity contribution in [1.29, 1.82) is 0 Å². The fraction of sp³-hybridized carbons (Fsp3) is 0.524. The zero-order valence-electron chi connectivity index (χ0n) is 17.3. The first-order valence-electron chi connectivity index (χ1n) is 10.2. The van der Waals surface area contributed by atoms with Crippen LogP contribution in [0, 0.1) is 0 Å². The van der Waals surface area contributed by atoms with Crippen molar-refractivity contribution in [3.8, 4) is 0 Å². The number of benzene rings is 1. The number of hydrogen-bond acceptors (Lipinski definition) is 6. The van der Waals surface area contributed by atoms with Gasteiger partial charge in [-0.15, -0.1) is 0 Å². The van der Waals surface area contributed by atoms with Crippen molar-refractivity contribution in [2.45, 2.75) is 51.3 Å². The molecule has 0 aliphatic carbocycles. The van der Waals surface area contributed by atoms with Gasteiger partial charge < -0.3 is 26.0 Å². The topological polar surface area (TPSA) is 131 Å². The van der Waals surface area contributed by atoms with E-state index in [9.17, 15) is 19.2 Å².